The molecule has 0 saturated carbocycles. The Morgan fingerprint density at radius 2 is 2.00 bits per heavy atom. The quantitative estimate of drug-likeness (QED) is 0.658. The molecule has 0 radical (unpaired) electrons. The fourth-order valence-electron chi connectivity index (χ4n) is 1.85. The van der Waals surface area contributed by atoms with Crippen LogP contribution in [0.5, 0.6) is 0 Å². The van der Waals surface area contributed by atoms with E-state index < -0.39 is 0 Å². The van der Waals surface area contributed by atoms with E-state index in [9.17, 15) is 0 Å². The second kappa shape index (κ2) is 3.77. The van der Waals surface area contributed by atoms with Gasteiger partial charge in [0.2, 0.25) is 0 Å². The molecule has 1 aromatic heterocycles. The average Bonchev–Trinajstić information content (AvgIpc) is 2.51. The van der Waals surface area contributed by atoms with Crippen LogP contribution in [0, 0.1) is 0 Å². The van der Waals surface area contributed by atoms with Gasteiger partial charge in [-0.25, -0.2) is 0 Å². The van der Waals surface area contributed by atoms with Crippen LogP contribution in [-0.4, -0.2) is 4.57 Å². The first-order valence-corrected chi connectivity index (χ1v) is 5.11. The van der Waals surface area contributed by atoms with E-state index in [1.165, 1.54) is 16.1 Å². The molecule has 0 spiro atoms. The van der Waals surface area contributed by atoms with Crippen molar-refractivity contribution in [1.82, 2.24) is 4.57 Å². The summed E-state index contributed by atoms with van der Waals surface area (Å²) in [7, 11) is 2.05. The Balaban J connectivity index is 2.97. The summed E-state index contributed by atoms with van der Waals surface area (Å²) in [6.07, 6.45) is 6.20. The monoisotopic (exact) mass is 197 g/mol. The molecule has 0 unspecified atom stereocenters. The fourth-order valence-corrected chi connectivity index (χ4v) is 1.85. The van der Waals surface area contributed by atoms with Gasteiger partial charge in [-0.1, -0.05) is 43.0 Å². The molecule has 1 aromatic carbocycles. The molecule has 0 aliphatic rings. The van der Waals surface area contributed by atoms with Crippen LogP contribution >= 0.6 is 0 Å². The molecule has 0 N–H and O–H groups in total. The van der Waals surface area contributed by atoms with Crippen molar-refractivity contribution in [3.63, 3.8) is 0 Å². The molecule has 0 fully saturated rings. The maximum Gasteiger partial charge on any atom is 0.0488 e. The van der Waals surface area contributed by atoms with Crippen LogP contribution < -0.4 is 10.6 Å². The Bertz CT molecular complexity index is 615. The zero-order valence-electron chi connectivity index (χ0n) is 9.20. The van der Waals surface area contributed by atoms with E-state index in [0.29, 0.717) is 0 Å². The van der Waals surface area contributed by atoms with E-state index in [0.717, 1.165) is 5.35 Å². The molecule has 0 atom stereocenters. The summed E-state index contributed by atoms with van der Waals surface area (Å²) in [5.41, 5.74) is 1.23. The normalized spacial score (nSPS) is 13.1. The number of allylic oxidation sites excluding steroid dienone is 2. The van der Waals surface area contributed by atoms with Gasteiger partial charge < -0.3 is 4.57 Å². The van der Waals surface area contributed by atoms with Crippen LogP contribution in [0.15, 0.2) is 36.4 Å². The molecule has 76 valence electrons. The van der Waals surface area contributed by atoms with Gasteiger partial charge in [0.15, 0.2) is 0 Å². The molecular weight excluding hydrogens is 182 g/mol. The molecule has 1 heteroatoms. The minimum absolute atomic E-state index is 1.06. The van der Waals surface area contributed by atoms with E-state index in [-0.39, 0.29) is 0 Å². The molecular formula is C14H15N. The van der Waals surface area contributed by atoms with Gasteiger partial charge in [-0.3, -0.25) is 0 Å². The Kier molecular flexibility index (Phi) is 2.46. The average molecular weight is 197 g/mol. The minimum Gasteiger partial charge on any atom is -0.344 e. The van der Waals surface area contributed by atoms with Crippen molar-refractivity contribution in [2.75, 3.05) is 0 Å². The first-order chi connectivity index (χ1) is 7.25. The van der Waals surface area contributed by atoms with Gasteiger partial charge in [-0.15, -0.1) is 0 Å². The van der Waals surface area contributed by atoms with Crippen molar-refractivity contribution >= 4 is 23.6 Å². The van der Waals surface area contributed by atoms with Gasteiger partial charge >= 0.3 is 0 Å². The summed E-state index contributed by atoms with van der Waals surface area (Å²) in [5, 5.41) is 3.55. The lowest BCUT2D eigenvalue weighted by atomic mass is 10.2. The number of benzene rings is 1. The molecule has 15 heavy (non-hydrogen) atoms. The number of hydrogen-bond acceptors (Lipinski definition) is 0. The number of nitrogens with zero attached hydrogens (tertiary/aromatic N) is 1. The predicted molar refractivity (Wildman–Crippen MR) is 67.0 cm³/mol. The molecule has 0 aliphatic carbocycles. The third kappa shape index (κ3) is 1.50. The van der Waals surface area contributed by atoms with Gasteiger partial charge in [-0.2, -0.15) is 0 Å². The van der Waals surface area contributed by atoms with E-state index in [1.54, 1.807) is 0 Å². The highest BCUT2D eigenvalue weighted by Gasteiger charge is 2.00. The zero-order chi connectivity index (χ0) is 10.8. The molecule has 0 amide bonds. The molecule has 0 saturated heterocycles. The SMILES string of the molecule is C=c1c(=CC=CC)c2ccccc2n1C. The van der Waals surface area contributed by atoms with Gasteiger partial charge in [0.25, 0.3) is 0 Å². The van der Waals surface area contributed by atoms with Crippen LogP contribution in [0.2, 0.25) is 0 Å². The molecule has 1 heterocycles. The van der Waals surface area contributed by atoms with Crippen molar-refractivity contribution in [1.29, 1.82) is 0 Å². The summed E-state index contributed by atoms with van der Waals surface area (Å²) in [4.78, 5) is 0. The minimum atomic E-state index is 1.06. The Morgan fingerprint density at radius 1 is 1.27 bits per heavy atom. The van der Waals surface area contributed by atoms with Gasteiger partial charge in [-0.05, 0) is 13.0 Å². The van der Waals surface area contributed by atoms with E-state index >= 15 is 0 Å². The number of rotatable bonds is 1. The molecule has 2 aromatic rings. The van der Waals surface area contributed by atoms with Crippen LogP contribution in [0.3, 0.4) is 0 Å². The Labute approximate surface area is 89.7 Å². The summed E-state index contributed by atoms with van der Waals surface area (Å²) in [6.45, 7) is 6.13. The van der Waals surface area contributed by atoms with Crippen molar-refractivity contribution in [3.8, 4) is 0 Å². The topological polar surface area (TPSA) is 4.93 Å². The van der Waals surface area contributed by atoms with Gasteiger partial charge in [0.05, 0.1) is 0 Å². The number of aromatic nitrogens is 1. The lowest BCUT2D eigenvalue weighted by molar-refractivity contribution is 0.928. The van der Waals surface area contributed by atoms with Gasteiger partial charge in [0.1, 0.15) is 0 Å². The third-order valence-corrected chi connectivity index (χ3v) is 2.73. The molecule has 1 nitrogen and oxygen atoms in total. The highest BCUT2D eigenvalue weighted by Crippen LogP contribution is 2.06. The van der Waals surface area contributed by atoms with Crippen molar-refractivity contribution in [2.45, 2.75) is 6.92 Å². The first kappa shape index (κ1) is 9.78. The van der Waals surface area contributed by atoms with E-state index in [1.807, 2.05) is 13.0 Å². The number of para-hydroxylation sites is 1. The lowest BCUT2D eigenvalue weighted by Crippen LogP contribution is -2.25. The highest BCUT2D eigenvalue weighted by molar-refractivity contribution is 5.82. The van der Waals surface area contributed by atoms with E-state index in [4.69, 9.17) is 0 Å². The summed E-state index contributed by atoms with van der Waals surface area (Å²) in [6, 6.07) is 8.38. The van der Waals surface area contributed by atoms with Crippen molar-refractivity contribution in [2.24, 2.45) is 7.05 Å². The molecule has 0 bridgehead atoms. The molecule has 0 aliphatic heterocycles. The molecule has 2 rings (SSSR count). The van der Waals surface area contributed by atoms with Crippen LogP contribution in [0.1, 0.15) is 6.92 Å². The van der Waals surface area contributed by atoms with E-state index in [2.05, 4.69) is 54.6 Å². The summed E-state index contributed by atoms with van der Waals surface area (Å²) in [5.74, 6) is 0. The predicted octanol–water partition coefficient (Wildman–Crippen LogP) is 1.95. The first-order valence-electron chi connectivity index (χ1n) is 5.11. The maximum atomic E-state index is 4.11. The third-order valence-electron chi connectivity index (χ3n) is 2.73. The Hall–Kier alpha value is -1.76. The smallest absolute Gasteiger partial charge is 0.0488 e. The van der Waals surface area contributed by atoms with Crippen LogP contribution in [-0.2, 0) is 7.05 Å². The summed E-state index contributed by atoms with van der Waals surface area (Å²) >= 11 is 0. The standard InChI is InChI=1S/C14H15N/c1-4-5-8-12-11(2)15(3)14-10-7-6-9-13(12)14/h4-10H,2H2,1,3H3. The van der Waals surface area contributed by atoms with Crippen molar-refractivity contribution in [3.05, 3.63) is 47.0 Å². The maximum absolute atomic E-state index is 4.11. The zero-order valence-corrected chi connectivity index (χ0v) is 9.20. The lowest BCUT2D eigenvalue weighted by Gasteiger charge is -1.93. The number of fused-ring (bicyclic) bond motifs is 1. The number of hydrogen-bond donors (Lipinski definition) is 0. The second-order valence-electron chi connectivity index (χ2n) is 3.63. The second-order valence-corrected chi connectivity index (χ2v) is 3.63. The Morgan fingerprint density at radius 3 is 2.73 bits per heavy atom. The number of aryl methyl sites for hydroxylation is 1. The summed E-state index contributed by atoms with van der Waals surface area (Å²) < 4.78 is 2.13. The largest absolute Gasteiger partial charge is 0.344 e. The van der Waals surface area contributed by atoms with Crippen LogP contribution in [0.25, 0.3) is 23.6 Å². The van der Waals surface area contributed by atoms with Gasteiger partial charge in [0, 0.05) is 28.5 Å². The van der Waals surface area contributed by atoms with Crippen LogP contribution in [0.4, 0.5) is 0 Å². The highest BCUT2D eigenvalue weighted by atomic mass is 14.9. The fraction of sp³-hybridized carbons (Fsp3) is 0.143. The van der Waals surface area contributed by atoms with Crippen molar-refractivity contribution < 1.29 is 0 Å².